The topological polar surface area (TPSA) is 61.4 Å². The third kappa shape index (κ3) is 5.99. The van der Waals surface area contributed by atoms with Crippen molar-refractivity contribution in [2.45, 2.75) is 19.9 Å². The lowest BCUT2D eigenvalue weighted by Gasteiger charge is -2.27. The first-order valence-electron chi connectivity index (χ1n) is 10.0. The Hall–Kier alpha value is -3.51. The lowest BCUT2D eigenvalue weighted by Crippen LogP contribution is -2.39. The molecule has 0 heterocycles. The number of anilines is 2. The smallest absolute Gasteiger partial charge is 0.246 e. The zero-order valence-corrected chi connectivity index (χ0v) is 17.9. The average molecular weight is 420 g/mol. The summed E-state index contributed by atoms with van der Waals surface area (Å²) >= 11 is 0. The fourth-order valence-corrected chi connectivity index (χ4v) is 3.40. The zero-order valence-electron chi connectivity index (χ0n) is 17.9. The molecule has 5 nitrogen and oxygen atoms in total. The van der Waals surface area contributed by atoms with E-state index in [0.29, 0.717) is 5.69 Å². The Balaban J connectivity index is 1.79. The molecule has 160 valence electrons. The molecule has 31 heavy (non-hydrogen) atoms. The minimum absolute atomic E-state index is 0.0453. The van der Waals surface area contributed by atoms with Gasteiger partial charge in [0.25, 0.3) is 0 Å². The number of likely N-dealkylation sites (N-methyl/N-ethyl adjacent to an activating group) is 1. The van der Waals surface area contributed by atoms with Crippen molar-refractivity contribution in [2.75, 3.05) is 24.2 Å². The summed E-state index contributed by atoms with van der Waals surface area (Å²) < 4.78 is 13.4. The van der Waals surface area contributed by atoms with Gasteiger partial charge in [0.15, 0.2) is 0 Å². The van der Waals surface area contributed by atoms with E-state index in [1.54, 1.807) is 18.0 Å². The number of nitrogens with zero attached hydrogens (tertiary/aromatic N) is 1. The van der Waals surface area contributed by atoms with Gasteiger partial charge in [0.05, 0.1) is 6.54 Å². The number of halogens is 1. The van der Waals surface area contributed by atoms with Crippen LogP contribution < -0.4 is 10.6 Å². The van der Waals surface area contributed by atoms with Crippen LogP contribution in [0.4, 0.5) is 15.8 Å². The van der Waals surface area contributed by atoms with Crippen LogP contribution in [0, 0.1) is 19.7 Å². The van der Waals surface area contributed by atoms with E-state index in [1.165, 1.54) is 18.2 Å². The van der Waals surface area contributed by atoms with Gasteiger partial charge in [0.2, 0.25) is 11.8 Å². The highest BCUT2D eigenvalue weighted by molar-refractivity contribution is 5.97. The first kappa shape index (κ1) is 22.2. The van der Waals surface area contributed by atoms with Crippen molar-refractivity contribution >= 4 is 23.2 Å². The molecule has 3 aromatic carbocycles. The van der Waals surface area contributed by atoms with Gasteiger partial charge in [-0.1, -0.05) is 48.5 Å². The number of rotatable bonds is 7. The average Bonchev–Trinajstić information content (AvgIpc) is 2.71. The molecular formula is C25H26FN3O2. The third-order valence-corrected chi connectivity index (χ3v) is 4.96. The van der Waals surface area contributed by atoms with Crippen molar-refractivity contribution in [1.29, 1.82) is 0 Å². The number of hydrogen-bond acceptors (Lipinski definition) is 3. The summed E-state index contributed by atoms with van der Waals surface area (Å²) in [6, 6.07) is 20.2. The van der Waals surface area contributed by atoms with Crippen LogP contribution >= 0.6 is 0 Å². The molecule has 0 spiro atoms. The minimum atomic E-state index is -0.681. The number of hydrogen-bond donors (Lipinski definition) is 2. The molecule has 3 rings (SSSR count). The van der Waals surface area contributed by atoms with Gasteiger partial charge < -0.3 is 10.6 Å². The zero-order chi connectivity index (χ0) is 22.4. The van der Waals surface area contributed by atoms with Crippen LogP contribution in [0.15, 0.2) is 72.8 Å². The molecule has 0 saturated carbocycles. The second-order valence-corrected chi connectivity index (χ2v) is 7.59. The van der Waals surface area contributed by atoms with Gasteiger partial charge >= 0.3 is 0 Å². The Morgan fingerprint density at radius 3 is 2.39 bits per heavy atom. The standard InChI is InChI=1S/C25H26FN3O2/c1-17-12-13-18(2)22(14-17)28-25(31)24(19-8-5-4-6-9-19)29(3)16-23(30)27-21-11-7-10-20(26)15-21/h4-15,24H,16H2,1-3H3,(H,27,30)(H,28,31)/t24-/m0/s1. The molecule has 2 amide bonds. The molecule has 0 unspecified atom stereocenters. The maximum atomic E-state index is 13.4. The van der Waals surface area contributed by atoms with Crippen molar-refractivity contribution in [3.8, 4) is 0 Å². The van der Waals surface area contributed by atoms with E-state index in [-0.39, 0.29) is 18.4 Å². The quantitative estimate of drug-likeness (QED) is 0.584. The van der Waals surface area contributed by atoms with E-state index in [9.17, 15) is 14.0 Å². The van der Waals surface area contributed by atoms with Crippen LogP contribution in [0.2, 0.25) is 0 Å². The Bertz CT molecular complexity index is 1070. The van der Waals surface area contributed by atoms with Crippen molar-refractivity contribution in [2.24, 2.45) is 0 Å². The van der Waals surface area contributed by atoms with E-state index in [0.717, 1.165) is 22.4 Å². The molecule has 0 saturated heterocycles. The lowest BCUT2D eigenvalue weighted by molar-refractivity contribution is -0.123. The van der Waals surface area contributed by atoms with Crippen LogP contribution in [0.1, 0.15) is 22.7 Å². The predicted octanol–water partition coefficient (Wildman–Crippen LogP) is 4.69. The summed E-state index contributed by atoms with van der Waals surface area (Å²) in [5.41, 5.74) is 3.88. The van der Waals surface area contributed by atoms with Crippen LogP contribution in [0.5, 0.6) is 0 Å². The van der Waals surface area contributed by atoms with Gasteiger partial charge in [0, 0.05) is 11.4 Å². The summed E-state index contributed by atoms with van der Waals surface area (Å²) in [5, 5.41) is 5.67. The molecule has 6 heteroatoms. The summed E-state index contributed by atoms with van der Waals surface area (Å²) in [7, 11) is 1.71. The van der Waals surface area contributed by atoms with E-state index < -0.39 is 11.9 Å². The van der Waals surface area contributed by atoms with Gasteiger partial charge in [-0.2, -0.15) is 0 Å². The van der Waals surface area contributed by atoms with Gasteiger partial charge in [0.1, 0.15) is 11.9 Å². The molecule has 2 N–H and O–H groups in total. The molecule has 3 aromatic rings. The number of amides is 2. The lowest BCUT2D eigenvalue weighted by atomic mass is 10.0. The Morgan fingerprint density at radius 2 is 1.68 bits per heavy atom. The number of carbonyl (C=O) groups excluding carboxylic acids is 2. The van der Waals surface area contributed by atoms with Crippen molar-refractivity contribution < 1.29 is 14.0 Å². The summed E-state index contributed by atoms with van der Waals surface area (Å²) in [4.78, 5) is 27.5. The van der Waals surface area contributed by atoms with Gasteiger partial charge in [-0.3, -0.25) is 14.5 Å². The highest BCUT2D eigenvalue weighted by atomic mass is 19.1. The Morgan fingerprint density at radius 1 is 0.935 bits per heavy atom. The van der Waals surface area contributed by atoms with Crippen molar-refractivity contribution in [3.05, 3.63) is 95.3 Å². The fraction of sp³-hybridized carbons (Fsp3) is 0.200. The first-order valence-corrected chi connectivity index (χ1v) is 10.0. The van der Waals surface area contributed by atoms with Gasteiger partial charge in [-0.25, -0.2) is 4.39 Å². The maximum absolute atomic E-state index is 13.4. The fourth-order valence-electron chi connectivity index (χ4n) is 3.40. The van der Waals surface area contributed by atoms with Gasteiger partial charge in [-0.05, 0) is 61.9 Å². The summed E-state index contributed by atoms with van der Waals surface area (Å²) in [5.74, 6) is -1.00. The van der Waals surface area contributed by atoms with E-state index in [4.69, 9.17) is 0 Å². The highest BCUT2D eigenvalue weighted by Crippen LogP contribution is 2.24. The number of nitrogens with one attached hydrogen (secondary N) is 2. The van der Waals surface area contributed by atoms with Crippen LogP contribution in [0.25, 0.3) is 0 Å². The van der Waals surface area contributed by atoms with E-state index in [2.05, 4.69) is 10.6 Å². The first-order chi connectivity index (χ1) is 14.8. The second-order valence-electron chi connectivity index (χ2n) is 7.59. The summed E-state index contributed by atoms with van der Waals surface area (Å²) in [6.45, 7) is 3.85. The normalized spacial score (nSPS) is 11.8. The molecule has 0 aromatic heterocycles. The maximum Gasteiger partial charge on any atom is 0.246 e. The molecule has 0 aliphatic heterocycles. The highest BCUT2D eigenvalue weighted by Gasteiger charge is 2.27. The largest absolute Gasteiger partial charge is 0.325 e. The second kappa shape index (κ2) is 10.00. The molecule has 1 atom stereocenters. The number of aryl methyl sites for hydroxylation is 2. The summed E-state index contributed by atoms with van der Waals surface area (Å²) in [6.07, 6.45) is 0. The molecule has 0 radical (unpaired) electrons. The van der Waals surface area contributed by atoms with Gasteiger partial charge in [-0.15, -0.1) is 0 Å². The minimum Gasteiger partial charge on any atom is -0.325 e. The Labute approximate surface area is 181 Å². The van der Waals surface area contributed by atoms with Crippen LogP contribution in [-0.4, -0.2) is 30.3 Å². The van der Waals surface area contributed by atoms with Crippen LogP contribution in [0.3, 0.4) is 0 Å². The SMILES string of the molecule is Cc1ccc(C)c(NC(=O)[C@H](c2ccccc2)N(C)CC(=O)Nc2cccc(F)c2)c1. The molecule has 0 aliphatic carbocycles. The molecule has 0 fully saturated rings. The molecule has 0 bridgehead atoms. The van der Waals surface area contributed by atoms with Crippen molar-refractivity contribution in [1.82, 2.24) is 4.90 Å². The number of benzene rings is 3. The molecular weight excluding hydrogens is 393 g/mol. The third-order valence-electron chi connectivity index (χ3n) is 4.96. The molecule has 0 aliphatic rings. The predicted molar refractivity (Wildman–Crippen MR) is 121 cm³/mol. The van der Waals surface area contributed by atoms with E-state index in [1.807, 2.05) is 62.4 Å². The van der Waals surface area contributed by atoms with Crippen molar-refractivity contribution in [3.63, 3.8) is 0 Å². The monoisotopic (exact) mass is 419 g/mol. The Kier molecular flexibility index (Phi) is 7.15. The van der Waals surface area contributed by atoms with Crippen LogP contribution in [-0.2, 0) is 9.59 Å². The number of carbonyl (C=O) groups is 2. The van der Waals surface area contributed by atoms with E-state index >= 15 is 0 Å².